The summed E-state index contributed by atoms with van der Waals surface area (Å²) in [6.07, 6.45) is 10.8. The molecule has 1 aromatic rings. The third-order valence-electron chi connectivity index (χ3n) is 4.15. The van der Waals surface area contributed by atoms with Crippen LogP contribution < -0.4 is 0 Å². The molecule has 1 aliphatic carbocycles. The number of rotatable bonds is 6. The molecule has 0 amide bonds. The van der Waals surface area contributed by atoms with Crippen LogP contribution in [0.3, 0.4) is 0 Å². The van der Waals surface area contributed by atoms with Gasteiger partial charge >= 0.3 is 0 Å². The maximum atomic E-state index is 4.89. The van der Waals surface area contributed by atoms with Gasteiger partial charge in [-0.3, -0.25) is 4.68 Å². The second-order valence-electron chi connectivity index (χ2n) is 5.49. The number of unbranched alkanes of at least 4 members (excludes halogenated alkanes) is 2. The Balaban J connectivity index is 2.16. The zero-order chi connectivity index (χ0) is 13.0. The second-order valence-corrected chi connectivity index (χ2v) is 5.49. The Bertz CT molecular complexity index is 403. The number of hydrogen-bond acceptors (Lipinski definition) is 1. The van der Waals surface area contributed by atoms with Gasteiger partial charge in [0.05, 0.1) is 5.69 Å². The van der Waals surface area contributed by atoms with E-state index in [4.69, 9.17) is 5.10 Å². The van der Waals surface area contributed by atoms with Crippen molar-refractivity contribution in [2.75, 3.05) is 0 Å². The van der Waals surface area contributed by atoms with Crippen LogP contribution in [0.25, 0.3) is 0 Å². The summed E-state index contributed by atoms with van der Waals surface area (Å²) in [5.41, 5.74) is 4.31. The van der Waals surface area contributed by atoms with E-state index in [1.54, 1.807) is 0 Å². The Hall–Kier alpha value is -1.05. The first-order valence-corrected chi connectivity index (χ1v) is 7.45. The highest BCUT2D eigenvalue weighted by Gasteiger charge is 2.25. The Morgan fingerprint density at radius 1 is 1.44 bits per heavy atom. The Labute approximate surface area is 111 Å². The van der Waals surface area contributed by atoms with Gasteiger partial charge < -0.3 is 0 Å². The number of fused-ring (bicyclic) bond motifs is 1. The van der Waals surface area contributed by atoms with Gasteiger partial charge in [-0.1, -0.05) is 25.8 Å². The summed E-state index contributed by atoms with van der Waals surface area (Å²) in [6, 6.07) is 0. The van der Waals surface area contributed by atoms with Crippen molar-refractivity contribution < 1.29 is 0 Å². The van der Waals surface area contributed by atoms with Crippen molar-refractivity contribution in [3.8, 4) is 0 Å². The molecule has 0 bridgehead atoms. The summed E-state index contributed by atoms with van der Waals surface area (Å²) in [6.45, 7) is 9.47. The molecule has 0 fully saturated rings. The molecular formula is C16H26N2. The van der Waals surface area contributed by atoms with Crippen LogP contribution in [0.15, 0.2) is 12.7 Å². The molecule has 1 unspecified atom stereocenters. The minimum Gasteiger partial charge on any atom is -0.269 e. The molecule has 0 saturated heterocycles. The van der Waals surface area contributed by atoms with Crippen LogP contribution in [0, 0.1) is 6.92 Å². The van der Waals surface area contributed by atoms with Crippen molar-refractivity contribution in [2.24, 2.45) is 0 Å². The number of hydrogen-bond donors (Lipinski definition) is 0. The highest BCUT2D eigenvalue weighted by molar-refractivity contribution is 5.31. The number of nitrogens with zero attached hydrogens (tertiary/aromatic N) is 2. The molecule has 1 aliphatic rings. The molecule has 18 heavy (non-hydrogen) atoms. The average Bonchev–Trinajstić information content (AvgIpc) is 2.69. The molecule has 100 valence electrons. The highest BCUT2D eigenvalue weighted by atomic mass is 15.3. The van der Waals surface area contributed by atoms with E-state index in [2.05, 4.69) is 25.1 Å². The lowest BCUT2D eigenvalue weighted by molar-refractivity contribution is 0.515. The van der Waals surface area contributed by atoms with E-state index in [-0.39, 0.29) is 0 Å². The Kier molecular flexibility index (Phi) is 4.62. The lowest BCUT2D eigenvalue weighted by atomic mass is 9.85. The summed E-state index contributed by atoms with van der Waals surface area (Å²) in [5, 5.41) is 4.89. The molecule has 0 radical (unpaired) electrons. The first-order valence-electron chi connectivity index (χ1n) is 7.45. The maximum absolute atomic E-state index is 4.89. The standard InChI is InChI=1S/C16H26N2/c1-4-6-7-12-18-13(3)15-11-8-10-14(9-5-2)16(15)17-18/h5,14H,2,4,6-12H2,1,3H3. The minimum atomic E-state index is 0.623. The van der Waals surface area contributed by atoms with Crippen LogP contribution in [0.1, 0.15) is 68.3 Å². The van der Waals surface area contributed by atoms with Crippen molar-refractivity contribution in [1.82, 2.24) is 9.78 Å². The third-order valence-corrected chi connectivity index (χ3v) is 4.15. The molecule has 2 heteroatoms. The topological polar surface area (TPSA) is 17.8 Å². The van der Waals surface area contributed by atoms with Gasteiger partial charge in [0.15, 0.2) is 0 Å². The smallest absolute Gasteiger partial charge is 0.0693 e. The van der Waals surface area contributed by atoms with E-state index in [1.165, 1.54) is 55.5 Å². The van der Waals surface area contributed by atoms with Crippen LogP contribution in [-0.2, 0) is 13.0 Å². The van der Waals surface area contributed by atoms with Crippen molar-refractivity contribution in [3.63, 3.8) is 0 Å². The molecule has 0 saturated carbocycles. The zero-order valence-electron chi connectivity index (χ0n) is 11.9. The molecule has 1 aromatic heterocycles. The van der Waals surface area contributed by atoms with Crippen LogP contribution in [-0.4, -0.2) is 9.78 Å². The lowest BCUT2D eigenvalue weighted by Crippen LogP contribution is -2.08. The van der Waals surface area contributed by atoms with Crippen molar-refractivity contribution >= 4 is 0 Å². The molecular weight excluding hydrogens is 220 g/mol. The van der Waals surface area contributed by atoms with E-state index in [0.29, 0.717) is 5.92 Å². The monoisotopic (exact) mass is 246 g/mol. The van der Waals surface area contributed by atoms with E-state index in [0.717, 1.165) is 13.0 Å². The minimum absolute atomic E-state index is 0.623. The summed E-state index contributed by atoms with van der Waals surface area (Å²) in [7, 11) is 0. The Morgan fingerprint density at radius 3 is 3.00 bits per heavy atom. The zero-order valence-corrected chi connectivity index (χ0v) is 11.9. The Morgan fingerprint density at radius 2 is 2.28 bits per heavy atom. The van der Waals surface area contributed by atoms with Gasteiger partial charge in [-0.15, -0.1) is 6.58 Å². The molecule has 0 spiro atoms. The molecule has 0 aromatic carbocycles. The van der Waals surface area contributed by atoms with Gasteiger partial charge in [0, 0.05) is 18.2 Å². The lowest BCUT2D eigenvalue weighted by Gasteiger charge is -2.19. The average molecular weight is 246 g/mol. The fourth-order valence-electron chi connectivity index (χ4n) is 3.07. The van der Waals surface area contributed by atoms with Crippen molar-refractivity contribution in [3.05, 3.63) is 29.6 Å². The van der Waals surface area contributed by atoms with Crippen LogP contribution in [0.5, 0.6) is 0 Å². The van der Waals surface area contributed by atoms with Gasteiger partial charge in [0.2, 0.25) is 0 Å². The molecule has 1 heterocycles. The van der Waals surface area contributed by atoms with E-state index in [1.807, 2.05) is 6.08 Å². The molecule has 2 rings (SSSR count). The summed E-state index contributed by atoms with van der Waals surface area (Å²) >= 11 is 0. The van der Waals surface area contributed by atoms with Gasteiger partial charge in [-0.25, -0.2) is 0 Å². The SMILES string of the molecule is C=CCC1CCCc2c1nn(CCCCC)c2C. The second kappa shape index (κ2) is 6.21. The molecule has 2 nitrogen and oxygen atoms in total. The first-order chi connectivity index (χ1) is 8.77. The van der Waals surface area contributed by atoms with Crippen LogP contribution in [0.2, 0.25) is 0 Å². The normalized spacial score (nSPS) is 18.7. The number of allylic oxidation sites excluding steroid dienone is 1. The van der Waals surface area contributed by atoms with Crippen molar-refractivity contribution in [2.45, 2.75) is 71.3 Å². The molecule has 0 N–H and O–H groups in total. The largest absolute Gasteiger partial charge is 0.269 e. The first kappa shape index (κ1) is 13.4. The highest BCUT2D eigenvalue weighted by Crippen LogP contribution is 2.35. The van der Waals surface area contributed by atoms with Gasteiger partial charge in [0.25, 0.3) is 0 Å². The van der Waals surface area contributed by atoms with Crippen LogP contribution >= 0.6 is 0 Å². The summed E-state index contributed by atoms with van der Waals surface area (Å²) in [4.78, 5) is 0. The van der Waals surface area contributed by atoms with Crippen molar-refractivity contribution in [1.29, 1.82) is 0 Å². The van der Waals surface area contributed by atoms with Gasteiger partial charge in [0.1, 0.15) is 0 Å². The summed E-state index contributed by atoms with van der Waals surface area (Å²) in [5.74, 6) is 0.623. The van der Waals surface area contributed by atoms with Gasteiger partial charge in [-0.2, -0.15) is 5.10 Å². The number of aromatic nitrogens is 2. The van der Waals surface area contributed by atoms with E-state index >= 15 is 0 Å². The predicted molar refractivity (Wildman–Crippen MR) is 77.0 cm³/mol. The van der Waals surface area contributed by atoms with Crippen LogP contribution in [0.4, 0.5) is 0 Å². The molecule has 1 atom stereocenters. The maximum Gasteiger partial charge on any atom is 0.0693 e. The van der Waals surface area contributed by atoms with Gasteiger partial charge in [-0.05, 0) is 44.6 Å². The fraction of sp³-hybridized carbons (Fsp3) is 0.688. The summed E-state index contributed by atoms with van der Waals surface area (Å²) < 4.78 is 2.25. The van der Waals surface area contributed by atoms with E-state index < -0.39 is 0 Å². The quantitative estimate of drug-likeness (QED) is 0.538. The number of aryl methyl sites for hydroxylation is 1. The third kappa shape index (κ3) is 2.68. The molecule has 0 aliphatic heterocycles. The fourth-order valence-corrected chi connectivity index (χ4v) is 3.07. The van der Waals surface area contributed by atoms with E-state index in [9.17, 15) is 0 Å². The predicted octanol–water partition coefficient (Wildman–Crippen LogP) is 4.38.